The van der Waals surface area contributed by atoms with Crippen LogP contribution in [0.2, 0.25) is 0 Å². The lowest BCUT2D eigenvalue weighted by Crippen LogP contribution is -2.52. The third-order valence-corrected chi connectivity index (χ3v) is 6.03. The van der Waals surface area contributed by atoms with Gasteiger partial charge < -0.3 is 20.1 Å². The van der Waals surface area contributed by atoms with Crippen molar-refractivity contribution in [2.75, 3.05) is 23.9 Å². The Kier molecular flexibility index (Phi) is 6.12. The van der Waals surface area contributed by atoms with Gasteiger partial charge in [0.15, 0.2) is 11.5 Å². The highest BCUT2D eigenvalue weighted by molar-refractivity contribution is 6.03. The number of alkyl halides is 3. The molecule has 3 heterocycles. The van der Waals surface area contributed by atoms with Crippen LogP contribution in [0.1, 0.15) is 37.0 Å². The molecule has 33 heavy (non-hydrogen) atoms. The number of amides is 1. The third kappa shape index (κ3) is 4.85. The van der Waals surface area contributed by atoms with Crippen LogP contribution in [0.15, 0.2) is 12.4 Å². The molecule has 0 radical (unpaired) electrons. The Bertz CT molecular complexity index is 1030. The molecule has 1 fully saturated rings. The van der Waals surface area contributed by atoms with E-state index in [1.165, 1.54) is 0 Å². The molecular formula is C21H25F3N6O3. The van der Waals surface area contributed by atoms with Gasteiger partial charge in [0.1, 0.15) is 17.6 Å². The summed E-state index contributed by atoms with van der Waals surface area (Å²) in [6.07, 6.45) is -1.34. The fourth-order valence-corrected chi connectivity index (χ4v) is 4.33. The first kappa shape index (κ1) is 23.1. The number of nitrogens with zero attached hydrogens (tertiary/aromatic N) is 5. The van der Waals surface area contributed by atoms with Crippen molar-refractivity contribution in [3.63, 3.8) is 0 Å². The van der Waals surface area contributed by atoms with Gasteiger partial charge in [-0.3, -0.25) is 4.79 Å². The number of aliphatic hydroxyl groups is 1. The number of aliphatic hydroxyl groups excluding tert-OH is 1. The predicted molar refractivity (Wildman–Crippen MR) is 112 cm³/mol. The molecule has 2 atom stereocenters. The maximum Gasteiger partial charge on any atom is 0.434 e. The molecule has 12 heteroatoms. The lowest BCUT2D eigenvalue weighted by atomic mass is 9.73. The molecule has 4 rings (SSSR count). The molecule has 178 valence electrons. The number of ether oxygens (including phenoxy) is 1. The van der Waals surface area contributed by atoms with E-state index in [2.05, 4.69) is 25.3 Å². The van der Waals surface area contributed by atoms with Crippen molar-refractivity contribution < 1.29 is 27.8 Å². The number of halogens is 3. The van der Waals surface area contributed by atoms with Gasteiger partial charge in [-0.15, -0.1) is 0 Å². The molecule has 1 saturated carbocycles. The van der Waals surface area contributed by atoms with Crippen molar-refractivity contribution in [1.29, 1.82) is 0 Å². The zero-order valence-electron chi connectivity index (χ0n) is 18.4. The van der Waals surface area contributed by atoms with E-state index >= 15 is 0 Å². The van der Waals surface area contributed by atoms with E-state index in [-0.39, 0.29) is 17.7 Å². The Labute approximate surface area is 188 Å². The molecule has 1 aliphatic heterocycles. The second kappa shape index (κ2) is 8.73. The summed E-state index contributed by atoms with van der Waals surface area (Å²) in [5.74, 6) is 1.64. The fourth-order valence-electron chi connectivity index (χ4n) is 4.33. The van der Waals surface area contributed by atoms with Gasteiger partial charge in [-0.25, -0.2) is 19.9 Å². The lowest BCUT2D eigenvalue weighted by molar-refractivity contribution is -0.141. The zero-order valence-corrected chi connectivity index (χ0v) is 18.4. The van der Waals surface area contributed by atoms with Gasteiger partial charge in [0.05, 0.1) is 30.8 Å². The number of fused-ring (bicyclic) bond motifs is 1. The highest BCUT2D eigenvalue weighted by Crippen LogP contribution is 2.38. The number of hydrogen-bond acceptors (Lipinski definition) is 8. The summed E-state index contributed by atoms with van der Waals surface area (Å²) in [6, 6.07) is -0.724. The number of nitrogens with one attached hydrogen (secondary N) is 1. The molecule has 2 aromatic heterocycles. The summed E-state index contributed by atoms with van der Waals surface area (Å²) < 4.78 is 43.1. The number of carbonyl (C=O) groups excluding carboxylic acids is 1. The van der Waals surface area contributed by atoms with Crippen molar-refractivity contribution in [1.82, 2.24) is 19.9 Å². The maximum absolute atomic E-state index is 12.5. The number of anilines is 2. The molecule has 9 nitrogen and oxygen atoms in total. The average Bonchev–Trinajstić information content (AvgIpc) is 2.70. The van der Waals surface area contributed by atoms with E-state index in [1.807, 2.05) is 6.92 Å². The van der Waals surface area contributed by atoms with Gasteiger partial charge in [-0.05, 0) is 38.5 Å². The minimum Gasteiger partial charge on any atom is -0.476 e. The van der Waals surface area contributed by atoms with Gasteiger partial charge in [-0.1, -0.05) is 0 Å². The van der Waals surface area contributed by atoms with Crippen LogP contribution in [0.5, 0.6) is 5.88 Å². The summed E-state index contributed by atoms with van der Waals surface area (Å²) in [6.45, 7) is 3.72. The normalized spacial score (nSPS) is 23.4. The number of hydrogen-bond donors (Lipinski definition) is 2. The monoisotopic (exact) mass is 466 g/mol. The summed E-state index contributed by atoms with van der Waals surface area (Å²) in [5.41, 5.74) is 0.170. The number of aromatic nitrogens is 4. The predicted octanol–water partition coefficient (Wildman–Crippen LogP) is 2.38. The highest BCUT2D eigenvalue weighted by Gasteiger charge is 2.37. The van der Waals surface area contributed by atoms with Crippen LogP contribution in [0.4, 0.5) is 24.7 Å². The Hall–Kier alpha value is -3.02. The first-order valence-electron chi connectivity index (χ1n) is 10.6. The minimum absolute atomic E-state index is 0.0674. The SMILES string of the molecule is Cc1nc(CC2CC(COc3cnc(C(F)(F)F)cn3)C2)nc2c1NC(=O)[C@H]([C@@H](C)O)N2C. The fraction of sp³-hybridized carbons (Fsp3) is 0.571. The average molecular weight is 466 g/mol. The minimum atomic E-state index is -4.53. The summed E-state index contributed by atoms with van der Waals surface area (Å²) in [7, 11) is 1.73. The number of rotatable bonds is 6. The highest BCUT2D eigenvalue weighted by atomic mass is 19.4. The smallest absolute Gasteiger partial charge is 0.434 e. The maximum atomic E-state index is 12.5. The summed E-state index contributed by atoms with van der Waals surface area (Å²) >= 11 is 0. The molecule has 0 unspecified atom stereocenters. The van der Waals surface area contributed by atoms with Gasteiger partial charge in [0, 0.05) is 13.5 Å². The molecule has 0 saturated heterocycles. The number of likely N-dealkylation sites (N-methyl/N-ethyl adjacent to an activating group) is 1. The summed E-state index contributed by atoms with van der Waals surface area (Å²) in [5, 5.41) is 12.8. The first-order chi connectivity index (χ1) is 15.5. The van der Waals surface area contributed by atoms with Gasteiger partial charge in [-0.2, -0.15) is 13.2 Å². The van der Waals surface area contributed by atoms with Crippen molar-refractivity contribution in [3.05, 3.63) is 29.6 Å². The Balaban J connectivity index is 1.32. The Morgan fingerprint density at radius 3 is 2.58 bits per heavy atom. The lowest BCUT2D eigenvalue weighted by Gasteiger charge is -2.37. The van der Waals surface area contributed by atoms with Crippen LogP contribution in [-0.4, -0.2) is 56.7 Å². The Morgan fingerprint density at radius 2 is 1.97 bits per heavy atom. The quantitative estimate of drug-likeness (QED) is 0.667. The number of aryl methyl sites for hydroxylation is 1. The molecule has 0 aromatic carbocycles. The van der Waals surface area contributed by atoms with Gasteiger partial charge >= 0.3 is 6.18 Å². The standard InChI is InChI=1S/C21H25F3N6O3/c1-10-17-19(30(3)18(11(2)31)20(32)29-17)28-15(27-10)6-12-4-13(5-12)9-33-16-8-25-14(7-26-16)21(22,23)24/h7-8,11-13,18,31H,4-6,9H2,1-3H3,(H,29,32)/t11-,12?,13?,18+/m1/s1. The van der Waals surface area contributed by atoms with E-state index in [0.717, 1.165) is 19.0 Å². The van der Waals surface area contributed by atoms with Crippen LogP contribution in [0, 0.1) is 18.8 Å². The van der Waals surface area contributed by atoms with E-state index in [9.17, 15) is 23.1 Å². The van der Waals surface area contributed by atoms with Crippen molar-refractivity contribution in [2.45, 2.75) is 51.4 Å². The van der Waals surface area contributed by atoms with Gasteiger partial charge in [0.25, 0.3) is 0 Å². The van der Waals surface area contributed by atoms with Crippen LogP contribution in [0.3, 0.4) is 0 Å². The second-order valence-electron chi connectivity index (χ2n) is 8.67. The van der Waals surface area contributed by atoms with E-state index in [4.69, 9.17) is 4.74 Å². The molecular weight excluding hydrogens is 441 g/mol. The second-order valence-corrected chi connectivity index (χ2v) is 8.67. The van der Waals surface area contributed by atoms with Crippen molar-refractivity contribution in [3.8, 4) is 5.88 Å². The Morgan fingerprint density at radius 1 is 1.24 bits per heavy atom. The van der Waals surface area contributed by atoms with Crippen LogP contribution in [-0.2, 0) is 17.4 Å². The van der Waals surface area contributed by atoms with Crippen LogP contribution in [0.25, 0.3) is 0 Å². The molecule has 2 N–H and O–H groups in total. The van der Waals surface area contributed by atoms with Crippen molar-refractivity contribution >= 4 is 17.4 Å². The third-order valence-electron chi connectivity index (χ3n) is 6.03. The molecule has 0 spiro atoms. The van der Waals surface area contributed by atoms with Crippen LogP contribution < -0.4 is 15.0 Å². The largest absolute Gasteiger partial charge is 0.476 e. The molecule has 1 aliphatic carbocycles. The first-order valence-corrected chi connectivity index (χ1v) is 10.6. The molecule has 2 aromatic rings. The van der Waals surface area contributed by atoms with E-state index < -0.39 is 24.0 Å². The van der Waals surface area contributed by atoms with Gasteiger partial charge in [0.2, 0.25) is 11.8 Å². The number of carbonyl (C=O) groups is 1. The summed E-state index contributed by atoms with van der Waals surface area (Å²) in [4.78, 5) is 30.2. The topological polar surface area (TPSA) is 113 Å². The van der Waals surface area contributed by atoms with Crippen molar-refractivity contribution in [2.24, 2.45) is 11.8 Å². The van der Waals surface area contributed by atoms with E-state index in [0.29, 0.717) is 48.2 Å². The van der Waals surface area contributed by atoms with E-state index in [1.54, 1.807) is 18.9 Å². The molecule has 2 aliphatic rings. The molecule has 1 amide bonds. The molecule has 0 bridgehead atoms. The van der Waals surface area contributed by atoms with Crippen LogP contribution >= 0.6 is 0 Å². The zero-order chi connectivity index (χ0) is 23.9.